The van der Waals surface area contributed by atoms with Crippen molar-refractivity contribution in [2.45, 2.75) is 32.4 Å². The van der Waals surface area contributed by atoms with Crippen molar-refractivity contribution in [1.82, 2.24) is 4.90 Å². The van der Waals surface area contributed by atoms with Gasteiger partial charge in [0.15, 0.2) is 5.78 Å². The molecular formula is C27H31ClNO3-. The molecule has 1 unspecified atom stereocenters. The molecule has 3 aromatic rings. The lowest BCUT2D eigenvalue weighted by atomic mass is 10.1. The van der Waals surface area contributed by atoms with Crippen LogP contribution in [0.25, 0.3) is 0 Å². The van der Waals surface area contributed by atoms with Gasteiger partial charge >= 0.3 is 0 Å². The average molecular weight is 453 g/mol. The summed E-state index contributed by atoms with van der Waals surface area (Å²) in [5, 5.41) is 10.6. The number of carbonyl (C=O) groups excluding carboxylic acids is 1. The standard InChI is InChI=1S/C27H31NO3.ClH/c1-2-27(30)24-13-15-26(16-14-24)31-21-25(29)20-28(19-23-11-7-4-8-12-23)18-17-22-9-5-3-6-10-22;/h3-16,25,29H,2,17-21H2,1H3;1H/p-1. The zero-order valence-corrected chi connectivity index (χ0v) is 19.2. The second-order valence-electron chi connectivity index (χ2n) is 7.72. The molecule has 0 aliphatic heterocycles. The maximum Gasteiger partial charge on any atom is 0.162 e. The van der Waals surface area contributed by atoms with Gasteiger partial charge in [-0.2, -0.15) is 0 Å². The molecule has 0 aliphatic rings. The number of halogens is 1. The topological polar surface area (TPSA) is 49.8 Å². The van der Waals surface area contributed by atoms with Gasteiger partial charge in [-0.15, -0.1) is 0 Å². The minimum atomic E-state index is -0.614. The molecule has 1 N–H and O–H groups in total. The average Bonchev–Trinajstić information content (AvgIpc) is 2.82. The summed E-state index contributed by atoms with van der Waals surface area (Å²) < 4.78 is 5.76. The zero-order valence-electron chi connectivity index (χ0n) is 18.5. The Kier molecular flexibility index (Phi) is 10.9. The van der Waals surface area contributed by atoms with Gasteiger partial charge in [-0.05, 0) is 41.8 Å². The molecule has 0 saturated carbocycles. The van der Waals surface area contributed by atoms with E-state index in [4.69, 9.17) is 4.74 Å². The number of ether oxygens (including phenoxy) is 1. The van der Waals surface area contributed by atoms with Gasteiger partial charge in [-0.3, -0.25) is 9.69 Å². The van der Waals surface area contributed by atoms with Gasteiger partial charge in [-0.25, -0.2) is 0 Å². The summed E-state index contributed by atoms with van der Waals surface area (Å²) in [6.07, 6.45) is 0.796. The Morgan fingerprint density at radius 3 is 2.09 bits per heavy atom. The minimum absolute atomic E-state index is 0. The maximum absolute atomic E-state index is 11.7. The van der Waals surface area contributed by atoms with Crippen molar-refractivity contribution in [2.24, 2.45) is 0 Å². The first kappa shape index (κ1) is 25.6. The molecule has 5 heteroatoms. The predicted octanol–water partition coefficient (Wildman–Crippen LogP) is 1.77. The van der Waals surface area contributed by atoms with Gasteiger partial charge in [0, 0.05) is 31.6 Å². The van der Waals surface area contributed by atoms with Crippen LogP contribution in [0.2, 0.25) is 0 Å². The van der Waals surface area contributed by atoms with E-state index in [1.807, 2.05) is 31.2 Å². The smallest absolute Gasteiger partial charge is 0.162 e. The van der Waals surface area contributed by atoms with Crippen LogP contribution in [0.4, 0.5) is 0 Å². The third kappa shape index (κ3) is 8.46. The van der Waals surface area contributed by atoms with Crippen molar-refractivity contribution in [1.29, 1.82) is 0 Å². The van der Waals surface area contributed by atoms with E-state index in [1.54, 1.807) is 24.3 Å². The summed E-state index contributed by atoms with van der Waals surface area (Å²) in [6.45, 7) is 4.20. The van der Waals surface area contributed by atoms with E-state index in [9.17, 15) is 9.90 Å². The molecule has 3 rings (SSSR count). The molecule has 0 fully saturated rings. The molecule has 32 heavy (non-hydrogen) atoms. The minimum Gasteiger partial charge on any atom is -1.00 e. The Hall–Kier alpha value is -2.66. The number of carbonyl (C=O) groups is 1. The molecule has 0 heterocycles. The maximum atomic E-state index is 11.7. The Bertz CT molecular complexity index is 917. The second-order valence-corrected chi connectivity index (χ2v) is 7.72. The van der Waals surface area contributed by atoms with E-state index in [0.717, 1.165) is 19.5 Å². The van der Waals surface area contributed by atoms with Crippen LogP contribution in [0.3, 0.4) is 0 Å². The summed E-state index contributed by atoms with van der Waals surface area (Å²) >= 11 is 0. The summed E-state index contributed by atoms with van der Waals surface area (Å²) in [6, 6.07) is 27.8. The molecule has 0 radical (unpaired) electrons. The van der Waals surface area contributed by atoms with Crippen molar-refractivity contribution in [3.8, 4) is 5.75 Å². The molecule has 4 nitrogen and oxygen atoms in total. The largest absolute Gasteiger partial charge is 1.00 e. The summed E-state index contributed by atoms with van der Waals surface area (Å²) in [5.74, 6) is 0.771. The number of benzene rings is 3. The lowest BCUT2D eigenvalue weighted by Gasteiger charge is -2.25. The first-order valence-electron chi connectivity index (χ1n) is 10.9. The quantitative estimate of drug-likeness (QED) is 0.425. The van der Waals surface area contributed by atoms with E-state index in [0.29, 0.717) is 24.3 Å². The van der Waals surface area contributed by atoms with Crippen molar-refractivity contribution < 1.29 is 27.0 Å². The lowest BCUT2D eigenvalue weighted by molar-refractivity contribution is -0.0000165. The Morgan fingerprint density at radius 2 is 1.50 bits per heavy atom. The fourth-order valence-electron chi connectivity index (χ4n) is 3.49. The Labute approximate surface area is 197 Å². The molecule has 0 spiro atoms. The SMILES string of the molecule is CCC(=O)c1ccc(OCC(O)CN(CCc2ccccc2)Cc2ccccc2)cc1.[Cl-]. The highest BCUT2D eigenvalue weighted by atomic mass is 35.5. The highest BCUT2D eigenvalue weighted by Crippen LogP contribution is 2.14. The van der Waals surface area contributed by atoms with Gasteiger partial charge in [0.1, 0.15) is 18.5 Å². The first-order valence-corrected chi connectivity index (χ1v) is 10.9. The highest BCUT2D eigenvalue weighted by Gasteiger charge is 2.14. The fraction of sp³-hybridized carbons (Fsp3) is 0.296. The fourth-order valence-corrected chi connectivity index (χ4v) is 3.49. The van der Waals surface area contributed by atoms with Crippen LogP contribution in [0.1, 0.15) is 34.8 Å². The second kappa shape index (κ2) is 13.7. The number of rotatable bonds is 12. The van der Waals surface area contributed by atoms with E-state index in [1.165, 1.54) is 11.1 Å². The number of hydrogen-bond acceptors (Lipinski definition) is 4. The molecule has 1 atom stereocenters. The van der Waals surface area contributed by atoms with Crippen LogP contribution in [0, 0.1) is 0 Å². The van der Waals surface area contributed by atoms with E-state index >= 15 is 0 Å². The van der Waals surface area contributed by atoms with Crippen LogP contribution in [-0.4, -0.2) is 41.6 Å². The molecule has 0 amide bonds. The van der Waals surface area contributed by atoms with Gasteiger partial charge < -0.3 is 22.3 Å². The van der Waals surface area contributed by atoms with E-state index in [2.05, 4.69) is 41.3 Å². The molecule has 0 aromatic heterocycles. The molecule has 0 aliphatic carbocycles. The Morgan fingerprint density at radius 1 is 0.906 bits per heavy atom. The van der Waals surface area contributed by atoms with Crippen LogP contribution in [-0.2, 0) is 13.0 Å². The van der Waals surface area contributed by atoms with Gasteiger partial charge in [0.05, 0.1) is 0 Å². The monoisotopic (exact) mass is 452 g/mol. The molecular weight excluding hydrogens is 422 g/mol. The predicted molar refractivity (Wildman–Crippen MR) is 124 cm³/mol. The summed E-state index contributed by atoms with van der Waals surface area (Å²) in [7, 11) is 0. The van der Waals surface area contributed by atoms with E-state index < -0.39 is 6.10 Å². The first-order chi connectivity index (χ1) is 15.1. The summed E-state index contributed by atoms with van der Waals surface area (Å²) in [4.78, 5) is 14.0. The molecule has 0 bridgehead atoms. The van der Waals surface area contributed by atoms with E-state index in [-0.39, 0.29) is 24.8 Å². The zero-order chi connectivity index (χ0) is 21.9. The summed E-state index contributed by atoms with van der Waals surface area (Å²) in [5.41, 5.74) is 3.19. The highest BCUT2D eigenvalue weighted by molar-refractivity contribution is 5.95. The normalized spacial score (nSPS) is 11.6. The van der Waals surface area contributed by atoms with Crippen molar-refractivity contribution in [3.63, 3.8) is 0 Å². The van der Waals surface area contributed by atoms with Crippen LogP contribution >= 0.6 is 0 Å². The van der Waals surface area contributed by atoms with Crippen LogP contribution in [0.15, 0.2) is 84.9 Å². The number of Topliss-reactive ketones (excluding diaryl/α,β-unsaturated/α-hetero) is 1. The van der Waals surface area contributed by atoms with Gasteiger partial charge in [-0.1, -0.05) is 67.6 Å². The molecule has 0 saturated heterocycles. The van der Waals surface area contributed by atoms with Crippen molar-refractivity contribution in [3.05, 3.63) is 102 Å². The third-order valence-electron chi connectivity index (χ3n) is 5.22. The molecule has 3 aromatic carbocycles. The molecule has 170 valence electrons. The third-order valence-corrected chi connectivity index (χ3v) is 5.22. The van der Waals surface area contributed by atoms with Crippen LogP contribution < -0.4 is 17.1 Å². The van der Waals surface area contributed by atoms with Crippen molar-refractivity contribution in [2.75, 3.05) is 19.7 Å². The van der Waals surface area contributed by atoms with Crippen molar-refractivity contribution >= 4 is 5.78 Å². The van der Waals surface area contributed by atoms with Crippen LogP contribution in [0.5, 0.6) is 5.75 Å². The number of aliphatic hydroxyl groups is 1. The number of ketones is 1. The number of aliphatic hydroxyl groups excluding tert-OH is 1. The Balaban J connectivity index is 0.00000363. The van der Waals surface area contributed by atoms with Gasteiger partial charge in [0.25, 0.3) is 0 Å². The van der Waals surface area contributed by atoms with Gasteiger partial charge in [0.2, 0.25) is 0 Å². The lowest BCUT2D eigenvalue weighted by Crippen LogP contribution is -3.00. The number of nitrogens with zero attached hydrogens (tertiary/aromatic N) is 1. The number of hydrogen-bond donors (Lipinski definition) is 1.